The van der Waals surface area contributed by atoms with Gasteiger partial charge in [0, 0.05) is 36.9 Å². The second kappa shape index (κ2) is 9.68. The maximum absolute atomic E-state index is 13.3. The Morgan fingerprint density at radius 2 is 1.84 bits per heavy atom. The molecule has 1 aliphatic heterocycles. The lowest BCUT2D eigenvalue weighted by atomic mass is 10.0. The Morgan fingerprint density at radius 3 is 2.48 bits per heavy atom. The number of rotatable bonds is 7. The van der Waals surface area contributed by atoms with Crippen LogP contribution in [0.4, 0.5) is 0 Å². The van der Waals surface area contributed by atoms with Gasteiger partial charge in [-0.3, -0.25) is 9.69 Å². The molecule has 1 fully saturated rings. The van der Waals surface area contributed by atoms with Crippen molar-refractivity contribution in [2.75, 3.05) is 40.0 Å². The molecule has 0 unspecified atom stereocenters. The number of benzene rings is 1. The number of hydrogen-bond acceptors (Lipinski definition) is 5. The predicted molar refractivity (Wildman–Crippen MR) is 124 cm³/mol. The van der Waals surface area contributed by atoms with Crippen molar-refractivity contribution in [2.45, 2.75) is 19.9 Å². The first kappa shape index (κ1) is 21.6. The standard InChI is InChI=1S/C24H29N3O3S/c1-17-18(2)31-24(27-10-4-5-11-27)22(17)23(28)25-16-21(26-12-14-30-15-13-26)19-6-8-20(29-3)9-7-19/h4-11,21H,12-16H2,1-3H3,(H,25,28)/t21-/m0/s1. The van der Waals surface area contributed by atoms with Gasteiger partial charge in [-0.05, 0) is 49.2 Å². The average molecular weight is 440 g/mol. The third-order valence-corrected chi connectivity index (χ3v) is 7.10. The van der Waals surface area contributed by atoms with Crippen LogP contribution in [0.3, 0.4) is 0 Å². The largest absolute Gasteiger partial charge is 0.497 e. The van der Waals surface area contributed by atoms with Crippen molar-refractivity contribution in [3.05, 3.63) is 70.4 Å². The fourth-order valence-corrected chi connectivity index (χ4v) is 5.10. The molecule has 4 rings (SSSR count). The van der Waals surface area contributed by atoms with E-state index in [9.17, 15) is 4.79 Å². The molecule has 1 aromatic carbocycles. The highest BCUT2D eigenvalue weighted by Crippen LogP contribution is 2.31. The number of nitrogens with one attached hydrogen (secondary N) is 1. The van der Waals surface area contributed by atoms with Gasteiger partial charge in [0.2, 0.25) is 0 Å². The van der Waals surface area contributed by atoms with Crippen molar-refractivity contribution >= 4 is 17.2 Å². The molecule has 7 heteroatoms. The third-order valence-electron chi connectivity index (χ3n) is 5.88. The Hall–Kier alpha value is -2.61. The van der Waals surface area contributed by atoms with Crippen molar-refractivity contribution in [1.82, 2.24) is 14.8 Å². The van der Waals surface area contributed by atoms with Crippen LogP contribution in [0.5, 0.6) is 5.75 Å². The van der Waals surface area contributed by atoms with Gasteiger partial charge in [0.1, 0.15) is 10.8 Å². The first-order chi connectivity index (χ1) is 15.1. The molecule has 1 aliphatic rings. The minimum absolute atomic E-state index is 0.0303. The van der Waals surface area contributed by atoms with E-state index >= 15 is 0 Å². The van der Waals surface area contributed by atoms with Crippen molar-refractivity contribution in [3.8, 4) is 10.8 Å². The molecule has 31 heavy (non-hydrogen) atoms. The second-order valence-corrected chi connectivity index (χ2v) is 8.90. The molecule has 2 aromatic heterocycles. The molecule has 1 saturated heterocycles. The first-order valence-electron chi connectivity index (χ1n) is 10.6. The highest BCUT2D eigenvalue weighted by atomic mass is 32.1. The third kappa shape index (κ3) is 4.69. The van der Waals surface area contributed by atoms with Crippen LogP contribution in [0, 0.1) is 13.8 Å². The zero-order valence-corrected chi connectivity index (χ0v) is 19.1. The van der Waals surface area contributed by atoms with Crippen LogP contribution < -0.4 is 10.1 Å². The number of morpholine rings is 1. The van der Waals surface area contributed by atoms with Crippen LogP contribution in [0.25, 0.3) is 5.00 Å². The van der Waals surface area contributed by atoms with Gasteiger partial charge in [0.15, 0.2) is 0 Å². The van der Waals surface area contributed by atoms with Crippen LogP contribution in [-0.2, 0) is 4.74 Å². The van der Waals surface area contributed by atoms with Crippen LogP contribution >= 0.6 is 11.3 Å². The summed E-state index contributed by atoms with van der Waals surface area (Å²) in [7, 11) is 1.67. The lowest BCUT2D eigenvalue weighted by Crippen LogP contribution is -2.44. The number of hydrogen-bond donors (Lipinski definition) is 1. The number of carbonyl (C=O) groups is 1. The van der Waals surface area contributed by atoms with E-state index in [1.807, 2.05) is 48.1 Å². The topological polar surface area (TPSA) is 55.7 Å². The maximum Gasteiger partial charge on any atom is 0.254 e. The van der Waals surface area contributed by atoms with Crippen LogP contribution in [-0.4, -0.2) is 55.3 Å². The summed E-state index contributed by atoms with van der Waals surface area (Å²) in [4.78, 5) is 16.9. The van der Waals surface area contributed by atoms with Gasteiger partial charge >= 0.3 is 0 Å². The average Bonchev–Trinajstić information content (AvgIpc) is 3.43. The molecule has 0 bridgehead atoms. The minimum atomic E-state index is -0.0303. The molecule has 1 atom stereocenters. The number of thiophene rings is 1. The molecule has 0 aliphatic carbocycles. The summed E-state index contributed by atoms with van der Waals surface area (Å²) < 4.78 is 12.9. The normalized spacial score (nSPS) is 15.6. The highest BCUT2D eigenvalue weighted by Gasteiger charge is 2.25. The number of methoxy groups -OCH3 is 1. The van der Waals surface area contributed by atoms with E-state index in [1.54, 1.807) is 18.4 Å². The molecule has 6 nitrogen and oxygen atoms in total. The molecule has 164 valence electrons. The van der Waals surface area contributed by atoms with E-state index in [0.29, 0.717) is 19.8 Å². The van der Waals surface area contributed by atoms with Gasteiger partial charge in [-0.25, -0.2) is 0 Å². The summed E-state index contributed by atoms with van der Waals surface area (Å²) in [5, 5.41) is 4.18. The van der Waals surface area contributed by atoms with Crippen molar-refractivity contribution < 1.29 is 14.3 Å². The number of nitrogens with zero attached hydrogens (tertiary/aromatic N) is 2. The Balaban J connectivity index is 1.56. The SMILES string of the molecule is COc1ccc([C@H](CNC(=O)c2c(-n3cccc3)sc(C)c2C)N2CCOCC2)cc1. The van der Waals surface area contributed by atoms with Crippen LogP contribution in [0.15, 0.2) is 48.8 Å². The van der Waals surface area contributed by atoms with Crippen LogP contribution in [0.2, 0.25) is 0 Å². The fraction of sp³-hybridized carbons (Fsp3) is 0.375. The van der Waals surface area contributed by atoms with E-state index in [0.717, 1.165) is 45.4 Å². The lowest BCUT2D eigenvalue weighted by Gasteiger charge is -2.35. The Labute approximate surface area is 187 Å². The summed E-state index contributed by atoms with van der Waals surface area (Å²) in [5.41, 5.74) is 2.96. The van der Waals surface area contributed by atoms with E-state index in [-0.39, 0.29) is 11.9 Å². The number of amides is 1. The highest BCUT2D eigenvalue weighted by molar-refractivity contribution is 7.15. The second-order valence-electron chi connectivity index (χ2n) is 7.70. The van der Waals surface area contributed by atoms with Gasteiger partial charge in [0.25, 0.3) is 5.91 Å². The summed E-state index contributed by atoms with van der Waals surface area (Å²) >= 11 is 1.65. The van der Waals surface area contributed by atoms with E-state index < -0.39 is 0 Å². The number of aromatic nitrogens is 1. The van der Waals surface area contributed by atoms with Crippen molar-refractivity contribution in [3.63, 3.8) is 0 Å². The Bertz CT molecular complexity index is 1010. The van der Waals surface area contributed by atoms with Gasteiger partial charge in [-0.15, -0.1) is 11.3 Å². The van der Waals surface area contributed by atoms with E-state index in [4.69, 9.17) is 9.47 Å². The molecule has 3 heterocycles. The molecule has 0 spiro atoms. The van der Waals surface area contributed by atoms with Gasteiger partial charge in [0.05, 0.1) is 31.9 Å². The molecule has 1 amide bonds. The molecule has 0 saturated carbocycles. The zero-order chi connectivity index (χ0) is 21.8. The van der Waals surface area contributed by atoms with Gasteiger partial charge < -0.3 is 19.4 Å². The van der Waals surface area contributed by atoms with Crippen LogP contribution in [0.1, 0.15) is 32.4 Å². The summed E-state index contributed by atoms with van der Waals surface area (Å²) in [6.45, 7) is 7.73. The van der Waals surface area contributed by atoms with E-state index in [2.05, 4.69) is 29.3 Å². The molecule has 3 aromatic rings. The van der Waals surface area contributed by atoms with Gasteiger partial charge in [-0.2, -0.15) is 0 Å². The first-order valence-corrected chi connectivity index (χ1v) is 11.4. The Morgan fingerprint density at radius 1 is 1.16 bits per heavy atom. The van der Waals surface area contributed by atoms with Crippen molar-refractivity contribution in [1.29, 1.82) is 0 Å². The number of ether oxygens (including phenoxy) is 2. The fourth-order valence-electron chi connectivity index (χ4n) is 3.98. The smallest absolute Gasteiger partial charge is 0.254 e. The zero-order valence-electron chi connectivity index (χ0n) is 18.3. The number of carbonyl (C=O) groups excluding carboxylic acids is 1. The summed E-state index contributed by atoms with van der Waals surface area (Å²) in [6, 6.07) is 12.1. The lowest BCUT2D eigenvalue weighted by molar-refractivity contribution is 0.0162. The Kier molecular flexibility index (Phi) is 6.75. The quantitative estimate of drug-likeness (QED) is 0.605. The predicted octanol–water partition coefficient (Wildman–Crippen LogP) is 3.97. The molecular formula is C24H29N3O3S. The molecule has 1 N–H and O–H groups in total. The van der Waals surface area contributed by atoms with Crippen molar-refractivity contribution in [2.24, 2.45) is 0 Å². The molecular weight excluding hydrogens is 410 g/mol. The maximum atomic E-state index is 13.3. The van der Waals surface area contributed by atoms with Gasteiger partial charge in [-0.1, -0.05) is 12.1 Å². The number of aryl methyl sites for hydroxylation is 1. The molecule has 0 radical (unpaired) electrons. The van der Waals surface area contributed by atoms with E-state index in [1.165, 1.54) is 0 Å². The summed E-state index contributed by atoms with van der Waals surface area (Å²) in [5.74, 6) is 0.798. The monoisotopic (exact) mass is 439 g/mol. The summed E-state index contributed by atoms with van der Waals surface area (Å²) in [6.07, 6.45) is 3.96. The minimum Gasteiger partial charge on any atom is -0.497 e.